The van der Waals surface area contributed by atoms with Crippen LogP contribution in [-0.4, -0.2) is 19.3 Å². The minimum atomic E-state index is 0.413. The Morgan fingerprint density at radius 2 is 2.27 bits per heavy atom. The lowest BCUT2D eigenvalue weighted by Gasteiger charge is -1.97. The van der Waals surface area contributed by atoms with E-state index in [0.717, 1.165) is 20.9 Å². The molecular formula is C8H9N5S2. The first-order valence-electron chi connectivity index (χ1n) is 4.27. The van der Waals surface area contributed by atoms with Crippen molar-refractivity contribution in [3.05, 3.63) is 23.9 Å². The highest BCUT2D eigenvalue weighted by molar-refractivity contribution is 8.00. The van der Waals surface area contributed by atoms with Crippen molar-refractivity contribution in [3.63, 3.8) is 0 Å². The monoisotopic (exact) mass is 239 g/mol. The van der Waals surface area contributed by atoms with Crippen molar-refractivity contribution in [1.82, 2.24) is 19.3 Å². The summed E-state index contributed by atoms with van der Waals surface area (Å²) in [6.45, 7) is 2.28. The van der Waals surface area contributed by atoms with Crippen molar-refractivity contribution in [2.24, 2.45) is 5.73 Å². The van der Waals surface area contributed by atoms with Crippen molar-refractivity contribution >= 4 is 23.3 Å². The van der Waals surface area contributed by atoms with E-state index in [1.54, 1.807) is 12.4 Å². The normalized spacial score (nSPS) is 10.5. The van der Waals surface area contributed by atoms with Gasteiger partial charge in [0.15, 0.2) is 4.34 Å². The van der Waals surface area contributed by atoms with Crippen LogP contribution < -0.4 is 5.73 Å². The Morgan fingerprint density at radius 1 is 1.40 bits per heavy atom. The zero-order chi connectivity index (χ0) is 10.7. The van der Waals surface area contributed by atoms with Gasteiger partial charge in [-0.2, -0.15) is 4.37 Å². The fraction of sp³-hybridized carbons (Fsp3) is 0.250. The summed E-state index contributed by atoms with van der Waals surface area (Å²) in [5, 5.41) is 0.809. The zero-order valence-corrected chi connectivity index (χ0v) is 9.68. The Morgan fingerprint density at radius 3 is 2.80 bits per heavy atom. The molecule has 0 spiro atoms. The van der Waals surface area contributed by atoms with Crippen molar-refractivity contribution in [2.45, 2.75) is 22.8 Å². The molecule has 5 nitrogen and oxygen atoms in total. The first kappa shape index (κ1) is 10.5. The molecule has 15 heavy (non-hydrogen) atoms. The maximum Gasteiger partial charge on any atom is 0.176 e. The van der Waals surface area contributed by atoms with E-state index in [4.69, 9.17) is 5.73 Å². The van der Waals surface area contributed by atoms with Gasteiger partial charge < -0.3 is 5.73 Å². The summed E-state index contributed by atoms with van der Waals surface area (Å²) in [7, 11) is 0. The number of nitrogens with two attached hydrogens (primary N) is 1. The molecule has 0 fully saturated rings. The van der Waals surface area contributed by atoms with Crippen molar-refractivity contribution in [2.75, 3.05) is 0 Å². The van der Waals surface area contributed by atoms with Gasteiger partial charge in [0.05, 0.1) is 18.1 Å². The molecule has 7 heteroatoms. The molecule has 2 aromatic rings. The van der Waals surface area contributed by atoms with E-state index in [0.29, 0.717) is 6.54 Å². The Bertz CT molecular complexity index is 439. The number of hydrogen-bond acceptors (Lipinski definition) is 7. The average Bonchev–Trinajstić information content (AvgIpc) is 2.65. The molecular weight excluding hydrogens is 230 g/mol. The summed E-state index contributed by atoms with van der Waals surface area (Å²) in [5.41, 5.74) is 6.21. The topological polar surface area (TPSA) is 77.6 Å². The Balaban J connectivity index is 2.11. The molecule has 0 aliphatic rings. The van der Waals surface area contributed by atoms with Gasteiger partial charge in [0.25, 0.3) is 0 Å². The second-order valence-electron chi connectivity index (χ2n) is 2.76. The molecule has 0 aliphatic carbocycles. The van der Waals surface area contributed by atoms with Crippen LogP contribution in [0.1, 0.15) is 11.5 Å². The quantitative estimate of drug-likeness (QED) is 0.868. The lowest BCUT2D eigenvalue weighted by molar-refractivity contribution is 0.923. The third kappa shape index (κ3) is 2.71. The van der Waals surface area contributed by atoms with Gasteiger partial charge in [-0.05, 0) is 30.2 Å². The van der Waals surface area contributed by atoms with Crippen LogP contribution in [0.2, 0.25) is 0 Å². The van der Waals surface area contributed by atoms with E-state index in [9.17, 15) is 0 Å². The molecule has 0 radical (unpaired) electrons. The first-order chi connectivity index (χ1) is 7.28. The fourth-order valence-corrected chi connectivity index (χ4v) is 2.42. The van der Waals surface area contributed by atoms with Gasteiger partial charge >= 0.3 is 0 Å². The molecule has 0 aromatic carbocycles. The number of hydrogen-bond donors (Lipinski definition) is 1. The van der Waals surface area contributed by atoms with Crippen molar-refractivity contribution in [3.8, 4) is 0 Å². The predicted octanol–water partition coefficient (Wildman–Crippen LogP) is 1.25. The second kappa shape index (κ2) is 4.65. The number of rotatable bonds is 3. The van der Waals surface area contributed by atoms with Crippen LogP contribution in [0.15, 0.2) is 21.8 Å². The predicted molar refractivity (Wildman–Crippen MR) is 58.7 cm³/mol. The lowest BCUT2D eigenvalue weighted by Crippen LogP contribution is -1.99. The van der Waals surface area contributed by atoms with Gasteiger partial charge in [0.2, 0.25) is 0 Å². The van der Waals surface area contributed by atoms with Gasteiger partial charge in [0.1, 0.15) is 10.9 Å². The summed E-state index contributed by atoms with van der Waals surface area (Å²) in [6.07, 6.45) is 3.37. The molecule has 0 atom stereocenters. The number of aromatic nitrogens is 4. The number of aryl methyl sites for hydroxylation is 1. The fourth-order valence-electron chi connectivity index (χ4n) is 0.910. The third-order valence-corrected chi connectivity index (χ3v) is 3.35. The summed E-state index contributed by atoms with van der Waals surface area (Å²) in [6, 6.07) is 0. The molecule has 0 unspecified atom stereocenters. The van der Waals surface area contributed by atoms with E-state index in [1.807, 2.05) is 6.92 Å². The van der Waals surface area contributed by atoms with E-state index in [2.05, 4.69) is 19.3 Å². The van der Waals surface area contributed by atoms with Gasteiger partial charge in [-0.1, -0.05) is 0 Å². The van der Waals surface area contributed by atoms with E-state index < -0.39 is 0 Å². The van der Waals surface area contributed by atoms with Crippen LogP contribution in [0.3, 0.4) is 0 Å². The smallest absolute Gasteiger partial charge is 0.176 e. The van der Waals surface area contributed by atoms with Crippen LogP contribution in [0.4, 0.5) is 0 Å². The first-order valence-corrected chi connectivity index (χ1v) is 5.86. The summed E-state index contributed by atoms with van der Waals surface area (Å²) >= 11 is 2.82. The highest BCUT2D eigenvalue weighted by atomic mass is 32.2. The molecule has 78 valence electrons. The maximum absolute atomic E-state index is 5.43. The van der Waals surface area contributed by atoms with Crippen LogP contribution in [-0.2, 0) is 6.54 Å². The largest absolute Gasteiger partial charge is 0.325 e. The highest BCUT2D eigenvalue weighted by Crippen LogP contribution is 2.26. The standard InChI is InChI=1S/C8H9N5S2/c1-5-12-8(15-13-5)14-7-4-10-6(2-9)3-11-7/h3-4H,2,9H2,1H3. The van der Waals surface area contributed by atoms with Gasteiger partial charge in [0, 0.05) is 6.54 Å². The molecule has 0 saturated heterocycles. The summed E-state index contributed by atoms with van der Waals surface area (Å²) < 4.78 is 4.97. The molecule has 0 bridgehead atoms. The molecule has 2 heterocycles. The van der Waals surface area contributed by atoms with Crippen LogP contribution >= 0.6 is 23.3 Å². The maximum atomic E-state index is 5.43. The van der Waals surface area contributed by atoms with Crippen molar-refractivity contribution < 1.29 is 0 Å². The molecule has 2 aromatic heterocycles. The minimum Gasteiger partial charge on any atom is -0.325 e. The Labute approximate surface area is 95.3 Å². The van der Waals surface area contributed by atoms with Crippen LogP contribution in [0.5, 0.6) is 0 Å². The SMILES string of the molecule is Cc1nsc(Sc2cnc(CN)cn2)n1. The third-order valence-electron chi connectivity index (χ3n) is 1.59. The van der Waals surface area contributed by atoms with Crippen LogP contribution in [0.25, 0.3) is 0 Å². The summed E-state index contributed by atoms with van der Waals surface area (Å²) in [4.78, 5) is 12.6. The van der Waals surface area contributed by atoms with Gasteiger partial charge in [-0.3, -0.25) is 4.98 Å². The van der Waals surface area contributed by atoms with Gasteiger partial charge in [-0.15, -0.1) is 0 Å². The molecule has 0 amide bonds. The highest BCUT2D eigenvalue weighted by Gasteiger charge is 2.04. The Kier molecular flexibility index (Phi) is 3.24. The molecule has 0 aliphatic heterocycles. The summed E-state index contributed by atoms with van der Waals surface area (Å²) in [5.74, 6) is 0.786. The molecule has 2 rings (SSSR count). The molecule has 0 saturated carbocycles. The van der Waals surface area contributed by atoms with E-state index in [-0.39, 0.29) is 0 Å². The van der Waals surface area contributed by atoms with Crippen molar-refractivity contribution in [1.29, 1.82) is 0 Å². The number of nitrogens with zero attached hydrogens (tertiary/aromatic N) is 4. The van der Waals surface area contributed by atoms with Gasteiger partial charge in [-0.25, -0.2) is 9.97 Å². The Hall–Kier alpha value is -1.05. The van der Waals surface area contributed by atoms with E-state index >= 15 is 0 Å². The lowest BCUT2D eigenvalue weighted by atomic mass is 10.5. The second-order valence-corrected chi connectivity index (χ2v) is 4.78. The van der Waals surface area contributed by atoms with E-state index in [1.165, 1.54) is 23.3 Å². The zero-order valence-electron chi connectivity index (χ0n) is 8.04. The van der Waals surface area contributed by atoms with Crippen LogP contribution in [0, 0.1) is 6.92 Å². The minimum absolute atomic E-state index is 0.413. The molecule has 2 N–H and O–H groups in total. The average molecular weight is 239 g/mol.